The van der Waals surface area contributed by atoms with Gasteiger partial charge in [0.2, 0.25) is 0 Å². The molecule has 3 aromatic rings. The van der Waals surface area contributed by atoms with Crippen LogP contribution in [0.5, 0.6) is 0 Å². The van der Waals surface area contributed by atoms with E-state index in [4.69, 9.17) is 5.11 Å². The molecule has 0 unspecified atom stereocenters. The van der Waals surface area contributed by atoms with Crippen LogP contribution in [0.15, 0.2) is 73.3 Å². The van der Waals surface area contributed by atoms with Gasteiger partial charge >= 0.3 is 5.97 Å². The third-order valence-electron chi connectivity index (χ3n) is 3.48. The number of carbonyl (C=O) groups is 1. The Kier molecular flexibility index (Phi) is 4.25. The zero-order valence-electron chi connectivity index (χ0n) is 12.3. The van der Waals surface area contributed by atoms with Crippen LogP contribution in [0.25, 0.3) is 28.3 Å². The van der Waals surface area contributed by atoms with E-state index < -0.39 is 5.97 Å². The monoisotopic (exact) mass is 302 g/mol. The number of benzene rings is 1. The summed E-state index contributed by atoms with van der Waals surface area (Å²) >= 11 is 0. The SMILES string of the molecule is O=C(O)/C=C/c1c(-c2ccncc2)cccc1-c1ccncc1. The van der Waals surface area contributed by atoms with Gasteiger partial charge in [-0.2, -0.15) is 0 Å². The molecular weight excluding hydrogens is 288 g/mol. The van der Waals surface area contributed by atoms with Gasteiger partial charge in [0.05, 0.1) is 0 Å². The molecule has 0 spiro atoms. The Hall–Kier alpha value is -3.27. The highest BCUT2D eigenvalue weighted by molar-refractivity contribution is 5.92. The summed E-state index contributed by atoms with van der Waals surface area (Å²) in [7, 11) is 0. The molecule has 0 aliphatic heterocycles. The van der Waals surface area contributed by atoms with Crippen molar-refractivity contribution in [3.63, 3.8) is 0 Å². The highest BCUT2D eigenvalue weighted by Crippen LogP contribution is 2.33. The average Bonchev–Trinajstić information content (AvgIpc) is 2.61. The van der Waals surface area contributed by atoms with Gasteiger partial charge in [-0.25, -0.2) is 4.79 Å². The first-order valence-corrected chi connectivity index (χ1v) is 7.10. The number of carboxylic acids is 1. The molecule has 4 nitrogen and oxygen atoms in total. The maximum Gasteiger partial charge on any atom is 0.328 e. The van der Waals surface area contributed by atoms with Crippen LogP contribution in [0.1, 0.15) is 5.56 Å². The van der Waals surface area contributed by atoms with Crippen molar-refractivity contribution in [2.75, 3.05) is 0 Å². The average molecular weight is 302 g/mol. The van der Waals surface area contributed by atoms with Crippen molar-refractivity contribution in [3.05, 3.63) is 78.9 Å². The molecule has 4 heteroatoms. The number of pyridine rings is 2. The molecule has 0 bridgehead atoms. The maximum atomic E-state index is 11.0. The molecule has 0 saturated heterocycles. The molecule has 2 aromatic heterocycles. The van der Waals surface area contributed by atoms with Crippen molar-refractivity contribution < 1.29 is 9.90 Å². The van der Waals surface area contributed by atoms with E-state index in [2.05, 4.69) is 9.97 Å². The summed E-state index contributed by atoms with van der Waals surface area (Å²) in [6, 6.07) is 13.5. The summed E-state index contributed by atoms with van der Waals surface area (Å²) in [5, 5.41) is 8.99. The van der Waals surface area contributed by atoms with E-state index in [1.807, 2.05) is 42.5 Å². The first kappa shape index (κ1) is 14.7. The molecule has 3 rings (SSSR count). The van der Waals surface area contributed by atoms with Crippen molar-refractivity contribution in [2.45, 2.75) is 0 Å². The molecule has 0 saturated carbocycles. The number of aliphatic carboxylic acids is 1. The number of hydrogen-bond acceptors (Lipinski definition) is 3. The second-order valence-electron chi connectivity index (χ2n) is 4.91. The summed E-state index contributed by atoms with van der Waals surface area (Å²) in [5.74, 6) is -0.977. The molecule has 0 atom stereocenters. The van der Waals surface area contributed by atoms with Gasteiger partial charge in [0.15, 0.2) is 0 Å². The lowest BCUT2D eigenvalue weighted by Gasteiger charge is -2.12. The van der Waals surface area contributed by atoms with Gasteiger partial charge in [0, 0.05) is 30.9 Å². The zero-order valence-corrected chi connectivity index (χ0v) is 12.3. The van der Waals surface area contributed by atoms with E-state index in [9.17, 15) is 4.79 Å². The van der Waals surface area contributed by atoms with Gasteiger partial charge in [-0.05, 0) is 58.2 Å². The Morgan fingerprint density at radius 3 is 1.74 bits per heavy atom. The predicted molar refractivity (Wildman–Crippen MR) is 89.6 cm³/mol. The largest absolute Gasteiger partial charge is 0.478 e. The molecule has 23 heavy (non-hydrogen) atoms. The number of hydrogen-bond donors (Lipinski definition) is 1. The Balaban J connectivity index is 2.23. The Bertz CT molecular complexity index is 786. The van der Waals surface area contributed by atoms with Crippen LogP contribution in [-0.4, -0.2) is 21.0 Å². The summed E-state index contributed by atoms with van der Waals surface area (Å²) in [5.41, 5.74) is 4.74. The second-order valence-corrected chi connectivity index (χ2v) is 4.91. The predicted octanol–water partition coefficient (Wildman–Crippen LogP) is 3.91. The lowest BCUT2D eigenvalue weighted by Crippen LogP contribution is -1.92. The fourth-order valence-electron chi connectivity index (χ4n) is 2.47. The molecule has 0 fully saturated rings. The summed E-state index contributed by atoms with van der Waals surface area (Å²) < 4.78 is 0. The van der Waals surface area contributed by atoms with Gasteiger partial charge in [-0.15, -0.1) is 0 Å². The molecule has 112 valence electrons. The fraction of sp³-hybridized carbons (Fsp3) is 0. The van der Waals surface area contributed by atoms with Crippen molar-refractivity contribution in [2.24, 2.45) is 0 Å². The summed E-state index contributed by atoms with van der Waals surface area (Å²) in [6.07, 6.45) is 9.68. The molecule has 0 aliphatic carbocycles. The Morgan fingerprint density at radius 2 is 1.30 bits per heavy atom. The van der Waals surface area contributed by atoms with E-state index in [0.29, 0.717) is 0 Å². The topological polar surface area (TPSA) is 63.1 Å². The second kappa shape index (κ2) is 6.66. The zero-order chi connectivity index (χ0) is 16.1. The van der Waals surface area contributed by atoms with Crippen LogP contribution in [0, 0.1) is 0 Å². The van der Waals surface area contributed by atoms with Crippen molar-refractivity contribution in [3.8, 4) is 22.3 Å². The van der Waals surface area contributed by atoms with Crippen LogP contribution in [0.3, 0.4) is 0 Å². The lowest BCUT2D eigenvalue weighted by atomic mass is 9.92. The number of rotatable bonds is 4. The van der Waals surface area contributed by atoms with E-state index >= 15 is 0 Å². The number of carboxylic acid groups (broad SMARTS) is 1. The highest BCUT2D eigenvalue weighted by Gasteiger charge is 2.10. The van der Waals surface area contributed by atoms with Crippen LogP contribution >= 0.6 is 0 Å². The first-order valence-electron chi connectivity index (χ1n) is 7.10. The molecule has 1 N–H and O–H groups in total. The van der Waals surface area contributed by atoms with Gasteiger partial charge in [-0.3, -0.25) is 9.97 Å². The third kappa shape index (κ3) is 3.32. The van der Waals surface area contributed by atoms with E-state index in [-0.39, 0.29) is 0 Å². The van der Waals surface area contributed by atoms with E-state index in [1.165, 1.54) is 0 Å². The molecule has 0 radical (unpaired) electrons. The Labute approximate surface area is 133 Å². The molecular formula is C19H14N2O2. The van der Waals surface area contributed by atoms with Gasteiger partial charge in [0.1, 0.15) is 0 Å². The Morgan fingerprint density at radius 1 is 0.826 bits per heavy atom. The van der Waals surface area contributed by atoms with Gasteiger partial charge in [0.25, 0.3) is 0 Å². The number of aromatic nitrogens is 2. The third-order valence-corrected chi connectivity index (χ3v) is 3.48. The molecule has 2 heterocycles. The first-order chi connectivity index (χ1) is 11.3. The van der Waals surface area contributed by atoms with Crippen LogP contribution in [0.4, 0.5) is 0 Å². The quantitative estimate of drug-likeness (QED) is 0.742. The summed E-state index contributed by atoms with van der Waals surface area (Å²) in [6.45, 7) is 0. The molecule has 0 amide bonds. The molecule has 1 aromatic carbocycles. The van der Waals surface area contributed by atoms with Crippen molar-refractivity contribution >= 4 is 12.0 Å². The maximum absolute atomic E-state index is 11.0. The minimum atomic E-state index is -0.977. The van der Waals surface area contributed by atoms with Crippen LogP contribution < -0.4 is 0 Å². The summed E-state index contributed by atoms with van der Waals surface area (Å²) in [4.78, 5) is 19.0. The lowest BCUT2D eigenvalue weighted by molar-refractivity contribution is -0.131. The molecule has 0 aliphatic rings. The van der Waals surface area contributed by atoms with Crippen LogP contribution in [0.2, 0.25) is 0 Å². The normalized spacial score (nSPS) is 10.8. The van der Waals surface area contributed by atoms with Gasteiger partial charge in [-0.1, -0.05) is 18.2 Å². The highest BCUT2D eigenvalue weighted by atomic mass is 16.4. The number of nitrogens with zero attached hydrogens (tertiary/aromatic N) is 2. The van der Waals surface area contributed by atoms with Gasteiger partial charge < -0.3 is 5.11 Å². The minimum Gasteiger partial charge on any atom is -0.478 e. The van der Waals surface area contributed by atoms with Crippen LogP contribution in [-0.2, 0) is 4.79 Å². The standard InChI is InChI=1S/C19H14N2O2/c22-19(23)5-4-18-16(14-6-10-20-11-7-14)2-1-3-17(18)15-8-12-21-13-9-15/h1-13H,(H,22,23)/b5-4+. The minimum absolute atomic E-state index is 0.854. The smallest absolute Gasteiger partial charge is 0.328 e. The van der Waals surface area contributed by atoms with E-state index in [1.54, 1.807) is 30.9 Å². The van der Waals surface area contributed by atoms with Crippen molar-refractivity contribution in [1.29, 1.82) is 0 Å². The van der Waals surface area contributed by atoms with Crippen molar-refractivity contribution in [1.82, 2.24) is 9.97 Å². The van der Waals surface area contributed by atoms with E-state index in [0.717, 1.165) is 33.9 Å². The fourth-order valence-corrected chi connectivity index (χ4v) is 2.47.